The summed E-state index contributed by atoms with van der Waals surface area (Å²) in [5.41, 5.74) is 0.763. The van der Waals surface area contributed by atoms with Crippen molar-refractivity contribution in [2.45, 2.75) is 13.0 Å². The molecule has 1 amide bonds. The fraction of sp³-hybridized carbons (Fsp3) is 0.533. The predicted octanol–water partition coefficient (Wildman–Crippen LogP) is 2.21. The number of morpholine rings is 1. The normalized spacial score (nSPS) is 21.8. The number of nitrogens with zero attached hydrogens (tertiary/aromatic N) is 2. The fourth-order valence-corrected chi connectivity index (χ4v) is 2.84. The zero-order valence-corrected chi connectivity index (χ0v) is 14.0. The molecule has 0 aromatic heterocycles. The largest absolute Gasteiger partial charge is 0.479 e. The molecular formula is C15H20Cl2N2O3. The van der Waals surface area contributed by atoms with Crippen molar-refractivity contribution in [3.8, 4) is 5.75 Å². The first-order chi connectivity index (χ1) is 10.1. The SMILES string of the molecule is CC1Oc2ccc(Cl)cc2N(CCN2CCOCC2)C1=O.Cl. The highest BCUT2D eigenvalue weighted by molar-refractivity contribution is 6.31. The lowest BCUT2D eigenvalue weighted by Crippen LogP contribution is -2.48. The van der Waals surface area contributed by atoms with Crippen LogP contribution in [0.5, 0.6) is 5.75 Å². The fourth-order valence-electron chi connectivity index (χ4n) is 2.68. The second-order valence-electron chi connectivity index (χ2n) is 5.32. The van der Waals surface area contributed by atoms with Gasteiger partial charge in [0.25, 0.3) is 5.91 Å². The highest BCUT2D eigenvalue weighted by Crippen LogP contribution is 2.36. The van der Waals surface area contributed by atoms with E-state index in [1.807, 2.05) is 6.07 Å². The zero-order chi connectivity index (χ0) is 14.8. The van der Waals surface area contributed by atoms with Crippen molar-refractivity contribution in [2.24, 2.45) is 0 Å². The lowest BCUT2D eigenvalue weighted by atomic mass is 10.2. The lowest BCUT2D eigenvalue weighted by Gasteiger charge is -2.35. The number of rotatable bonds is 3. The number of hydrogen-bond acceptors (Lipinski definition) is 4. The van der Waals surface area contributed by atoms with Gasteiger partial charge in [-0.1, -0.05) is 11.6 Å². The van der Waals surface area contributed by atoms with Crippen LogP contribution in [0.25, 0.3) is 0 Å². The van der Waals surface area contributed by atoms with E-state index in [0.717, 1.165) is 38.5 Å². The Balaban J connectivity index is 0.00000176. The van der Waals surface area contributed by atoms with Gasteiger partial charge in [0, 0.05) is 31.2 Å². The van der Waals surface area contributed by atoms with Crippen LogP contribution in [0.1, 0.15) is 6.92 Å². The van der Waals surface area contributed by atoms with Crippen molar-refractivity contribution in [2.75, 3.05) is 44.3 Å². The van der Waals surface area contributed by atoms with Crippen LogP contribution in [-0.4, -0.2) is 56.3 Å². The minimum Gasteiger partial charge on any atom is -0.479 e. The molecule has 2 heterocycles. The minimum absolute atomic E-state index is 0. The topological polar surface area (TPSA) is 42.0 Å². The van der Waals surface area contributed by atoms with E-state index >= 15 is 0 Å². The molecule has 0 saturated carbocycles. The quantitative estimate of drug-likeness (QED) is 0.841. The van der Waals surface area contributed by atoms with Crippen LogP contribution in [0.3, 0.4) is 0 Å². The summed E-state index contributed by atoms with van der Waals surface area (Å²) >= 11 is 6.05. The summed E-state index contributed by atoms with van der Waals surface area (Å²) in [4.78, 5) is 16.5. The molecule has 0 aliphatic carbocycles. The first-order valence-electron chi connectivity index (χ1n) is 7.23. The number of hydrogen-bond donors (Lipinski definition) is 0. The third-order valence-corrected chi connectivity index (χ3v) is 4.11. The number of ether oxygens (including phenoxy) is 2. The van der Waals surface area contributed by atoms with E-state index in [1.165, 1.54) is 0 Å². The molecule has 0 spiro atoms. The van der Waals surface area contributed by atoms with Crippen LogP contribution >= 0.6 is 24.0 Å². The monoisotopic (exact) mass is 346 g/mol. The number of benzene rings is 1. The summed E-state index contributed by atoms with van der Waals surface area (Å²) in [7, 11) is 0. The van der Waals surface area contributed by atoms with Gasteiger partial charge in [-0.3, -0.25) is 9.69 Å². The van der Waals surface area contributed by atoms with Crippen LogP contribution in [0.4, 0.5) is 5.69 Å². The van der Waals surface area contributed by atoms with Crippen molar-refractivity contribution in [1.82, 2.24) is 4.90 Å². The second kappa shape index (κ2) is 7.51. The third kappa shape index (κ3) is 3.66. The van der Waals surface area contributed by atoms with E-state index in [4.69, 9.17) is 21.1 Å². The maximum Gasteiger partial charge on any atom is 0.267 e. The Morgan fingerprint density at radius 1 is 1.27 bits per heavy atom. The molecule has 3 rings (SSSR count). The van der Waals surface area contributed by atoms with Crippen LogP contribution < -0.4 is 9.64 Å². The Morgan fingerprint density at radius 3 is 2.73 bits per heavy atom. The third-order valence-electron chi connectivity index (χ3n) is 3.87. The molecule has 0 N–H and O–H groups in total. The van der Waals surface area contributed by atoms with E-state index in [9.17, 15) is 4.79 Å². The molecule has 22 heavy (non-hydrogen) atoms. The highest BCUT2D eigenvalue weighted by Gasteiger charge is 2.31. The molecule has 0 bridgehead atoms. The molecule has 1 saturated heterocycles. The minimum atomic E-state index is -0.455. The van der Waals surface area contributed by atoms with E-state index in [0.29, 0.717) is 17.3 Å². The van der Waals surface area contributed by atoms with E-state index < -0.39 is 6.10 Å². The Morgan fingerprint density at radius 2 is 2.00 bits per heavy atom. The number of halogens is 2. The number of carbonyl (C=O) groups is 1. The molecule has 0 radical (unpaired) electrons. The van der Waals surface area contributed by atoms with E-state index in [1.54, 1.807) is 24.0 Å². The van der Waals surface area contributed by atoms with Gasteiger partial charge in [-0.15, -0.1) is 12.4 Å². The van der Waals surface area contributed by atoms with Crippen molar-refractivity contribution in [3.63, 3.8) is 0 Å². The maximum absolute atomic E-state index is 12.4. The maximum atomic E-state index is 12.4. The first-order valence-corrected chi connectivity index (χ1v) is 7.60. The molecule has 122 valence electrons. The van der Waals surface area contributed by atoms with Crippen LogP contribution in [-0.2, 0) is 9.53 Å². The Bertz CT molecular complexity index is 536. The number of amides is 1. The number of carbonyl (C=O) groups excluding carboxylic acids is 1. The van der Waals surface area contributed by atoms with Gasteiger partial charge in [-0.2, -0.15) is 0 Å². The van der Waals surface area contributed by atoms with Crippen molar-refractivity contribution < 1.29 is 14.3 Å². The van der Waals surface area contributed by atoms with Crippen LogP contribution in [0.15, 0.2) is 18.2 Å². The smallest absolute Gasteiger partial charge is 0.267 e. The van der Waals surface area contributed by atoms with Crippen LogP contribution in [0, 0.1) is 0 Å². The van der Waals surface area contributed by atoms with Crippen molar-refractivity contribution >= 4 is 35.6 Å². The van der Waals surface area contributed by atoms with E-state index in [-0.39, 0.29) is 18.3 Å². The average Bonchev–Trinajstić information content (AvgIpc) is 2.49. The summed E-state index contributed by atoms with van der Waals surface area (Å²) in [5, 5.41) is 0.607. The van der Waals surface area contributed by atoms with Crippen molar-refractivity contribution in [3.05, 3.63) is 23.2 Å². The van der Waals surface area contributed by atoms with Gasteiger partial charge in [0.05, 0.1) is 18.9 Å². The lowest BCUT2D eigenvalue weighted by molar-refractivity contribution is -0.125. The number of anilines is 1. The first kappa shape index (κ1) is 17.3. The standard InChI is InChI=1S/C15H19ClN2O3.ClH/c1-11-15(19)18(5-4-17-6-8-20-9-7-17)13-10-12(16)2-3-14(13)21-11;/h2-3,10-11H,4-9H2,1H3;1H. The van der Waals surface area contributed by atoms with Gasteiger partial charge in [0.1, 0.15) is 5.75 Å². The summed E-state index contributed by atoms with van der Waals surface area (Å²) in [6.07, 6.45) is -0.455. The summed E-state index contributed by atoms with van der Waals surface area (Å²) in [6.45, 7) is 6.59. The Kier molecular flexibility index (Phi) is 5.92. The predicted molar refractivity (Wildman–Crippen MR) is 88.4 cm³/mol. The second-order valence-corrected chi connectivity index (χ2v) is 5.75. The van der Waals surface area contributed by atoms with Gasteiger partial charge in [-0.05, 0) is 25.1 Å². The molecule has 7 heteroatoms. The molecule has 2 aliphatic rings. The molecule has 1 aromatic rings. The van der Waals surface area contributed by atoms with Gasteiger partial charge < -0.3 is 14.4 Å². The molecule has 2 aliphatic heterocycles. The molecular weight excluding hydrogens is 327 g/mol. The Hall–Kier alpha value is -1.01. The van der Waals surface area contributed by atoms with Crippen LogP contribution in [0.2, 0.25) is 5.02 Å². The number of fused-ring (bicyclic) bond motifs is 1. The summed E-state index contributed by atoms with van der Waals surface area (Å²) in [6, 6.07) is 5.39. The highest BCUT2D eigenvalue weighted by atomic mass is 35.5. The molecule has 1 aromatic carbocycles. The molecule has 1 unspecified atom stereocenters. The van der Waals surface area contributed by atoms with Gasteiger partial charge in [0.15, 0.2) is 6.10 Å². The zero-order valence-electron chi connectivity index (χ0n) is 12.5. The molecule has 5 nitrogen and oxygen atoms in total. The van der Waals surface area contributed by atoms with E-state index in [2.05, 4.69) is 4.90 Å². The van der Waals surface area contributed by atoms with Gasteiger partial charge in [-0.25, -0.2) is 0 Å². The molecule has 1 atom stereocenters. The summed E-state index contributed by atoms with van der Waals surface area (Å²) < 4.78 is 11.0. The summed E-state index contributed by atoms with van der Waals surface area (Å²) in [5.74, 6) is 0.700. The van der Waals surface area contributed by atoms with Gasteiger partial charge in [0.2, 0.25) is 0 Å². The van der Waals surface area contributed by atoms with Gasteiger partial charge >= 0.3 is 0 Å². The Labute approximate surface area is 141 Å². The molecule has 1 fully saturated rings. The average molecular weight is 347 g/mol. The van der Waals surface area contributed by atoms with Crippen molar-refractivity contribution in [1.29, 1.82) is 0 Å².